The molecule has 0 spiro atoms. The lowest BCUT2D eigenvalue weighted by Crippen LogP contribution is -2.07. The molecule has 56 heavy (non-hydrogen) atoms. The Balaban J connectivity index is 0.000000146. The first-order valence-corrected chi connectivity index (χ1v) is 19.2. The van der Waals surface area contributed by atoms with Crippen LogP contribution in [0, 0.1) is 0 Å². The van der Waals surface area contributed by atoms with E-state index in [0.717, 1.165) is 93.3 Å². The maximum Gasteiger partial charge on any atom is 0.164 e. The summed E-state index contributed by atoms with van der Waals surface area (Å²) in [4.78, 5) is 17.4. The Kier molecular flexibility index (Phi) is 9.66. The summed E-state index contributed by atoms with van der Waals surface area (Å²) in [5.74, 6) is 4.10. The lowest BCUT2D eigenvalue weighted by atomic mass is 10.1. The van der Waals surface area contributed by atoms with E-state index < -0.39 is 0 Å². The normalized spacial score (nSPS) is 14.6. The molecule has 2 saturated carbocycles. The van der Waals surface area contributed by atoms with E-state index in [1.165, 1.54) is 38.3 Å². The molecule has 0 saturated heterocycles. The Labute approximate surface area is 324 Å². The summed E-state index contributed by atoms with van der Waals surface area (Å²) in [6.07, 6.45) is 12.5. The van der Waals surface area contributed by atoms with Gasteiger partial charge < -0.3 is 20.9 Å². The molecule has 12 heteroatoms. The molecule has 0 aliphatic heterocycles. The first-order chi connectivity index (χ1) is 27.6. The minimum Gasteiger partial charge on any atom is -0.457 e. The minimum absolute atomic E-state index is 0.381. The van der Waals surface area contributed by atoms with Gasteiger partial charge >= 0.3 is 0 Å². The van der Waals surface area contributed by atoms with Gasteiger partial charge in [-0.1, -0.05) is 62.1 Å². The van der Waals surface area contributed by atoms with Gasteiger partial charge in [0.1, 0.15) is 58.7 Å². The third-order valence-corrected chi connectivity index (χ3v) is 10.6. The molecule has 4 aromatic carbocycles. The minimum atomic E-state index is 0.381. The molecule has 2 aliphatic carbocycles. The maximum absolute atomic E-state index is 6.21. The van der Waals surface area contributed by atoms with Gasteiger partial charge in [-0.3, -0.25) is 0 Å². The van der Waals surface area contributed by atoms with E-state index in [1.54, 1.807) is 0 Å². The van der Waals surface area contributed by atoms with Crippen LogP contribution in [0.4, 0.5) is 11.6 Å². The van der Waals surface area contributed by atoms with Gasteiger partial charge in [0.25, 0.3) is 0 Å². The molecule has 4 heterocycles. The quantitative estimate of drug-likeness (QED) is 0.153. The number of hydrogen-bond acceptors (Lipinski definition) is 10. The molecular weight excluding hydrogens is 701 g/mol. The summed E-state index contributed by atoms with van der Waals surface area (Å²) in [5.41, 5.74) is 17.7. The summed E-state index contributed by atoms with van der Waals surface area (Å²) >= 11 is 0. The number of benzene rings is 4. The monoisotopic (exact) mass is 742 g/mol. The van der Waals surface area contributed by atoms with E-state index in [-0.39, 0.29) is 0 Å². The summed E-state index contributed by atoms with van der Waals surface area (Å²) in [6.45, 7) is 0. The third kappa shape index (κ3) is 7.08. The number of hydrogen-bond donors (Lipinski definition) is 2. The Bertz CT molecular complexity index is 2380. The number of nitrogens with zero attached hydrogens (tertiary/aromatic N) is 8. The zero-order valence-electron chi connectivity index (χ0n) is 30.9. The highest BCUT2D eigenvalue weighted by molar-refractivity contribution is 5.99. The Morgan fingerprint density at radius 3 is 1.18 bits per heavy atom. The van der Waals surface area contributed by atoms with Gasteiger partial charge in [0.2, 0.25) is 0 Å². The molecular formula is C44H42N10O2. The first kappa shape index (κ1) is 34.9. The topological polar surface area (TPSA) is 158 Å². The van der Waals surface area contributed by atoms with Crippen LogP contribution in [0.3, 0.4) is 0 Å². The fourth-order valence-corrected chi connectivity index (χ4v) is 7.81. The lowest BCUT2D eigenvalue weighted by Gasteiger charge is -2.10. The van der Waals surface area contributed by atoms with E-state index in [0.29, 0.717) is 23.7 Å². The number of fused-ring (bicyclic) bond motifs is 2. The van der Waals surface area contributed by atoms with Crippen molar-refractivity contribution >= 4 is 33.7 Å². The highest BCUT2D eigenvalue weighted by Gasteiger charge is 2.26. The zero-order valence-corrected chi connectivity index (χ0v) is 30.9. The van der Waals surface area contributed by atoms with Crippen molar-refractivity contribution in [2.75, 3.05) is 11.5 Å². The van der Waals surface area contributed by atoms with Gasteiger partial charge in [0, 0.05) is 11.1 Å². The molecule has 4 N–H and O–H groups in total. The van der Waals surface area contributed by atoms with Crippen molar-refractivity contribution in [3.63, 3.8) is 0 Å². The summed E-state index contributed by atoms with van der Waals surface area (Å²) in [6, 6.07) is 36.0. The maximum atomic E-state index is 6.21. The van der Waals surface area contributed by atoms with Crippen LogP contribution in [-0.2, 0) is 0 Å². The van der Waals surface area contributed by atoms with E-state index in [1.807, 2.05) is 119 Å². The van der Waals surface area contributed by atoms with Crippen LogP contribution >= 0.6 is 0 Å². The highest BCUT2D eigenvalue weighted by atomic mass is 16.5. The third-order valence-electron chi connectivity index (χ3n) is 10.6. The molecule has 0 amide bonds. The van der Waals surface area contributed by atoms with Crippen LogP contribution in [0.2, 0.25) is 0 Å². The molecule has 4 aromatic heterocycles. The van der Waals surface area contributed by atoms with Gasteiger partial charge in [-0.05, 0) is 98.5 Å². The van der Waals surface area contributed by atoms with Crippen molar-refractivity contribution < 1.29 is 9.47 Å². The molecule has 0 bridgehead atoms. The second kappa shape index (κ2) is 15.5. The van der Waals surface area contributed by atoms with Crippen LogP contribution in [0.25, 0.3) is 44.6 Å². The number of nitrogens with two attached hydrogens (primary N) is 2. The van der Waals surface area contributed by atoms with Crippen molar-refractivity contribution in [2.45, 2.75) is 63.5 Å². The molecule has 10 rings (SSSR count). The molecule has 0 unspecified atom stereocenters. The first-order valence-electron chi connectivity index (χ1n) is 19.2. The van der Waals surface area contributed by atoms with E-state index in [9.17, 15) is 0 Å². The molecule has 2 fully saturated rings. The van der Waals surface area contributed by atoms with Gasteiger partial charge in [-0.25, -0.2) is 29.3 Å². The second-order valence-electron chi connectivity index (χ2n) is 14.3. The predicted octanol–water partition coefficient (Wildman–Crippen LogP) is 9.97. The van der Waals surface area contributed by atoms with Crippen LogP contribution in [0.5, 0.6) is 23.0 Å². The van der Waals surface area contributed by atoms with Crippen molar-refractivity contribution in [1.82, 2.24) is 39.5 Å². The van der Waals surface area contributed by atoms with Crippen LogP contribution < -0.4 is 20.9 Å². The number of anilines is 2. The Morgan fingerprint density at radius 1 is 0.446 bits per heavy atom. The number of ether oxygens (including phenoxy) is 2. The fraction of sp³-hybridized carbons (Fsp3) is 0.227. The van der Waals surface area contributed by atoms with Crippen molar-refractivity contribution in [1.29, 1.82) is 0 Å². The van der Waals surface area contributed by atoms with Crippen molar-refractivity contribution in [3.8, 4) is 45.5 Å². The van der Waals surface area contributed by atoms with Gasteiger partial charge in [0.05, 0.1) is 22.9 Å². The molecule has 12 nitrogen and oxygen atoms in total. The number of rotatable bonds is 8. The van der Waals surface area contributed by atoms with Crippen LogP contribution in [-0.4, -0.2) is 39.5 Å². The number of para-hydroxylation sites is 2. The molecule has 0 atom stereocenters. The zero-order chi connectivity index (χ0) is 37.8. The van der Waals surface area contributed by atoms with Gasteiger partial charge in [-0.2, -0.15) is 10.2 Å². The second-order valence-corrected chi connectivity index (χ2v) is 14.3. The highest BCUT2D eigenvalue weighted by Crippen LogP contribution is 2.39. The van der Waals surface area contributed by atoms with E-state index in [2.05, 4.69) is 19.9 Å². The van der Waals surface area contributed by atoms with Crippen LogP contribution in [0.15, 0.2) is 122 Å². The Hall–Kier alpha value is -6.82. The number of nitrogen functional groups attached to an aromatic ring is 2. The molecule has 280 valence electrons. The average Bonchev–Trinajstić information content (AvgIpc) is 4.07. The summed E-state index contributed by atoms with van der Waals surface area (Å²) in [7, 11) is 0. The summed E-state index contributed by atoms with van der Waals surface area (Å²) < 4.78 is 15.9. The standard InChI is InChI=1S/2C22H21N5O/c2*23-21-19-20(26-27(16-6-4-5-7-16)22(19)25-14-24-21)15-10-12-18(13-11-15)28-17-8-2-1-3-9-17/h2*1-3,8-14,16H,4-7H2,(H2,23,24,25). The smallest absolute Gasteiger partial charge is 0.164 e. The predicted molar refractivity (Wildman–Crippen MR) is 218 cm³/mol. The SMILES string of the molecule is Nc1ncnc2c1c(-c1ccc(Oc3ccccc3)cc1)nn2C1CCCC1.Nc1ncnc2c1c(-c1ccc(Oc3ccccc3)cc1)nn2C1CCCC1. The van der Waals surface area contributed by atoms with Gasteiger partial charge in [-0.15, -0.1) is 0 Å². The van der Waals surface area contributed by atoms with E-state index >= 15 is 0 Å². The lowest BCUT2D eigenvalue weighted by molar-refractivity contribution is 0.479. The summed E-state index contributed by atoms with van der Waals surface area (Å²) in [5, 5.41) is 11.5. The van der Waals surface area contributed by atoms with E-state index in [4.69, 9.17) is 31.1 Å². The molecule has 8 aromatic rings. The number of aromatic nitrogens is 8. The van der Waals surface area contributed by atoms with Crippen molar-refractivity contribution in [3.05, 3.63) is 122 Å². The fourth-order valence-electron chi connectivity index (χ4n) is 7.81. The molecule has 2 aliphatic rings. The van der Waals surface area contributed by atoms with Crippen LogP contribution in [0.1, 0.15) is 63.5 Å². The largest absolute Gasteiger partial charge is 0.457 e. The van der Waals surface area contributed by atoms with Crippen molar-refractivity contribution in [2.24, 2.45) is 0 Å². The van der Waals surface area contributed by atoms with Gasteiger partial charge in [0.15, 0.2) is 11.3 Å². The Morgan fingerprint density at radius 2 is 0.804 bits per heavy atom. The molecule has 0 radical (unpaired) electrons. The average molecular weight is 743 g/mol.